The van der Waals surface area contributed by atoms with E-state index in [4.69, 9.17) is 11.6 Å². The first kappa shape index (κ1) is 16.5. The van der Waals surface area contributed by atoms with Crippen molar-refractivity contribution in [2.75, 3.05) is 0 Å². The number of pyridine rings is 2. The summed E-state index contributed by atoms with van der Waals surface area (Å²) in [7, 11) is 0. The minimum absolute atomic E-state index is 0.0347. The molecule has 2 aromatic heterocycles. The molecule has 0 spiro atoms. The van der Waals surface area contributed by atoms with Gasteiger partial charge in [0, 0.05) is 11.2 Å². The molecule has 4 nitrogen and oxygen atoms in total. The first-order valence-electron chi connectivity index (χ1n) is 8.03. The number of hydrogen-bond acceptors (Lipinski definition) is 3. The van der Waals surface area contributed by atoms with Gasteiger partial charge in [0.05, 0.1) is 16.6 Å². The lowest BCUT2D eigenvalue weighted by Crippen LogP contribution is -2.24. The Kier molecular flexibility index (Phi) is 4.58. The Hall–Kier alpha value is -2.33. The van der Waals surface area contributed by atoms with Crippen LogP contribution < -0.4 is 5.56 Å². The van der Waals surface area contributed by atoms with Crippen LogP contribution in [0.4, 0.5) is 0 Å². The molecule has 3 rings (SSSR count). The molecule has 0 aliphatic rings. The molecular weight excluding hydrogens is 324 g/mol. The molecule has 0 amide bonds. The Morgan fingerprint density at radius 3 is 2.79 bits per heavy atom. The van der Waals surface area contributed by atoms with Gasteiger partial charge in [-0.15, -0.1) is 0 Å². The van der Waals surface area contributed by atoms with E-state index in [1.165, 1.54) is 0 Å². The van der Waals surface area contributed by atoms with Gasteiger partial charge in [0.1, 0.15) is 5.75 Å². The molecule has 124 valence electrons. The third-order valence-electron chi connectivity index (χ3n) is 4.26. The summed E-state index contributed by atoms with van der Waals surface area (Å²) in [6.07, 6.45) is 3.93. The van der Waals surface area contributed by atoms with E-state index < -0.39 is 0 Å². The van der Waals surface area contributed by atoms with Crippen LogP contribution in [0.2, 0.25) is 5.02 Å². The van der Waals surface area contributed by atoms with Crippen molar-refractivity contribution in [1.82, 2.24) is 9.55 Å². The molecule has 0 aliphatic carbocycles. The maximum atomic E-state index is 13.1. The van der Waals surface area contributed by atoms with Crippen LogP contribution in [0, 0.1) is 6.92 Å². The van der Waals surface area contributed by atoms with Crippen molar-refractivity contribution < 1.29 is 5.11 Å². The average molecular weight is 343 g/mol. The quantitative estimate of drug-likeness (QED) is 0.764. The Morgan fingerprint density at radius 2 is 2.04 bits per heavy atom. The molecule has 0 radical (unpaired) electrons. The van der Waals surface area contributed by atoms with E-state index in [-0.39, 0.29) is 11.3 Å². The van der Waals surface area contributed by atoms with E-state index in [0.717, 1.165) is 18.4 Å². The number of benzene rings is 1. The van der Waals surface area contributed by atoms with E-state index in [1.807, 2.05) is 19.1 Å². The molecule has 0 unspecified atom stereocenters. The maximum Gasteiger partial charge on any atom is 0.263 e. The molecule has 2 heterocycles. The molecular formula is C19H19ClN2O2. The van der Waals surface area contributed by atoms with Gasteiger partial charge in [-0.05, 0) is 49.6 Å². The van der Waals surface area contributed by atoms with Crippen LogP contribution in [0.15, 0.2) is 41.3 Å². The zero-order valence-electron chi connectivity index (χ0n) is 13.7. The van der Waals surface area contributed by atoms with Gasteiger partial charge in [-0.3, -0.25) is 9.36 Å². The molecule has 0 atom stereocenters. The SMILES string of the molecule is CCCCc1c(O)c2cccnc2n(-c2cccc(Cl)c2C)c1=O. The summed E-state index contributed by atoms with van der Waals surface area (Å²) in [5.74, 6) is 0.0347. The van der Waals surface area contributed by atoms with Crippen molar-refractivity contribution in [3.05, 3.63) is 63.0 Å². The smallest absolute Gasteiger partial charge is 0.263 e. The fourth-order valence-corrected chi connectivity index (χ4v) is 3.07. The number of fused-ring (bicyclic) bond motifs is 1. The van der Waals surface area contributed by atoms with Crippen LogP contribution in [0.25, 0.3) is 16.7 Å². The molecule has 1 N–H and O–H groups in total. The summed E-state index contributed by atoms with van der Waals surface area (Å²) < 4.78 is 1.56. The second-order valence-electron chi connectivity index (χ2n) is 5.83. The van der Waals surface area contributed by atoms with Crippen molar-refractivity contribution in [3.63, 3.8) is 0 Å². The summed E-state index contributed by atoms with van der Waals surface area (Å²) in [6, 6.07) is 8.98. The van der Waals surface area contributed by atoms with Gasteiger partial charge in [0.15, 0.2) is 5.65 Å². The van der Waals surface area contributed by atoms with Gasteiger partial charge in [-0.1, -0.05) is 31.0 Å². The predicted octanol–water partition coefficient (Wildman–Crippen LogP) is 4.40. The summed E-state index contributed by atoms with van der Waals surface area (Å²) in [5, 5.41) is 11.7. The topological polar surface area (TPSA) is 55.1 Å². The molecule has 0 saturated heterocycles. The van der Waals surface area contributed by atoms with Gasteiger partial charge in [0.2, 0.25) is 0 Å². The Bertz CT molecular complexity index is 963. The third-order valence-corrected chi connectivity index (χ3v) is 4.67. The van der Waals surface area contributed by atoms with Crippen LogP contribution in [-0.4, -0.2) is 14.7 Å². The molecule has 24 heavy (non-hydrogen) atoms. The van der Waals surface area contributed by atoms with Gasteiger partial charge >= 0.3 is 0 Å². The fraction of sp³-hybridized carbons (Fsp3) is 0.263. The number of hydrogen-bond donors (Lipinski definition) is 1. The highest BCUT2D eigenvalue weighted by molar-refractivity contribution is 6.31. The first-order chi connectivity index (χ1) is 11.6. The van der Waals surface area contributed by atoms with Crippen LogP contribution in [0.3, 0.4) is 0 Å². The number of nitrogens with zero attached hydrogens (tertiary/aromatic N) is 2. The summed E-state index contributed by atoms with van der Waals surface area (Å²) >= 11 is 6.24. The minimum atomic E-state index is -0.238. The minimum Gasteiger partial charge on any atom is -0.507 e. The van der Waals surface area contributed by atoms with E-state index in [1.54, 1.807) is 29.0 Å². The zero-order valence-corrected chi connectivity index (χ0v) is 14.5. The highest BCUT2D eigenvalue weighted by Gasteiger charge is 2.19. The van der Waals surface area contributed by atoms with Crippen LogP contribution >= 0.6 is 11.6 Å². The monoisotopic (exact) mass is 342 g/mol. The largest absolute Gasteiger partial charge is 0.507 e. The fourth-order valence-electron chi connectivity index (χ4n) is 2.90. The highest BCUT2D eigenvalue weighted by Crippen LogP contribution is 2.29. The Labute approximate surface area is 145 Å². The second kappa shape index (κ2) is 6.65. The molecule has 3 aromatic rings. The number of halogens is 1. The molecule has 0 saturated carbocycles. The van der Waals surface area contributed by atoms with Gasteiger partial charge in [-0.2, -0.15) is 0 Å². The van der Waals surface area contributed by atoms with Crippen molar-refractivity contribution in [2.24, 2.45) is 0 Å². The standard InChI is InChI=1S/C19H19ClN2O2/c1-3-4-7-14-17(23)13-8-6-11-21-18(13)22(19(14)24)16-10-5-9-15(20)12(16)2/h5-6,8-11,23H,3-4,7H2,1-2H3. The summed E-state index contributed by atoms with van der Waals surface area (Å²) in [6.45, 7) is 3.93. The van der Waals surface area contributed by atoms with E-state index in [0.29, 0.717) is 33.7 Å². The number of aromatic nitrogens is 2. The van der Waals surface area contributed by atoms with Crippen LogP contribution in [0.1, 0.15) is 30.9 Å². The van der Waals surface area contributed by atoms with Crippen molar-refractivity contribution in [3.8, 4) is 11.4 Å². The van der Waals surface area contributed by atoms with E-state index in [2.05, 4.69) is 11.9 Å². The predicted molar refractivity (Wildman–Crippen MR) is 97.4 cm³/mol. The molecule has 1 aromatic carbocycles. The van der Waals surface area contributed by atoms with Crippen molar-refractivity contribution in [2.45, 2.75) is 33.1 Å². The second-order valence-corrected chi connectivity index (χ2v) is 6.24. The average Bonchev–Trinajstić information content (AvgIpc) is 2.58. The van der Waals surface area contributed by atoms with Crippen LogP contribution in [0.5, 0.6) is 5.75 Å². The number of aromatic hydroxyl groups is 1. The Balaban J connectivity index is 2.42. The number of unbranched alkanes of at least 4 members (excludes halogenated alkanes) is 1. The Morgan fingerprint density at radius 1 is 1.25 bits per heavy atom. The number of rotatable bonds is 4. The summed E-state index contributed by atoms with van der Waals surface area (Å²) in [4.78, 5) is 17.4. The summed E-state index contributed by atoms with van der Waals surface area (Å²) in [5.41, 5.74) is 2.12. The highest BCUT2D eigenvalue weighted by atomic mass is 35.5. The third kappa shape index (κ3) is 2.67. The zero-order chi connectivity index (χ0) is 17.3. The normalized spacial score (nSPS) is 11.1. The first-order valence-corrected chi connectivity index (χ1v) is 8.41. The van der Waals surface area contributed by atoms with E-state index in [9.17, 15) is 9.90 Å². The van der Waals surface area contributed by atoms with E-state index >= 15 is 0 Å². The van der Waals surface area contributed by atoms with Crippen LogP contribution in [-0.2, 0) is 6.42 Å². The van der Waals surface area contributed by atoms with Crippen molar-refractivity contribution in [1.29, 1.82) is 0 Å². The van der Waals surface area contributed by atoms with Gasteiger partial charge < -0.3 is 5.11 Å². The molecule has 0 bridgehead atoms. The van der Waals surface area contributed by atoms with Gasteiger partial charge in [-0.25, -0.2) is 4.98 Å². The molecule has 5 heteroatoms. The van der Waals surface area contributed by atoms with Crippen molar-refractivity contribution >= 4 is 22.6 Å². The maximum absolute atomic E-state index is 13.1. The molecule has 0 aliphatic heterocycles. The lowest BCUT2D eigenvalue weighted by Gasteiger charge is -2.16. The van der Waals surface area contributed by atoms with Gasteiger partial charge in [0.25, 0.3) is 5.56 Å². The lowest BCUT2D eigenvalue weighted by molar-refractivity contribution is 0.470. The lowest BCUT2D eigenvalue weighted by atomic mass is 10.1. The molecule has 0 fully saturated rings.